The third kappa shape index (κ3) is 4.85. The first kappa shape index (κ1) is 21.5. The molecule has 0 N–H and O–H groups in total. The van der Waals surface area contributed by atoms with Gasteiger partial charge in [-0.05, 0) is 25.3 Å². The molecule has 1 saturated heterocycles. The first-order chi connectivity index (χ1) is 13.9. The Labute approximate surface area is 173 Å². The van der Waals surface area contributed by atoms with E-state index in [9.17, 15) is 4.79 Å². The zero-order valence-corrected chi connectivity index (χ0v) is 18.0. The second-order valence-corrected chi connectivity index (χ2v) is 8.18. The van der Waals surface area contributed by atoms with Gasteiger partial charge >= 0.3 is 0 Å². The highest BCUT2D eigenvalue weighted by molar-refractivity contribution is 5.79. The number of carbonyl (C=O) groups excluding carboxylic acids is 1. The fourth-order valence-electron chi connectivity index (χ4n) is 3.85. The van der Waals surface area contributed by atoms with Gasteiger partial charge in [0.2, 0.25) is 5.91 Å². The Morgan fingerprint density at radius 1 is 1.21 bits per heavy atom. The highest BCUT2D eigenvalue weighted by Crippen LogP contribution is 2.40. The molecule has 1 aliphatic rings. The number of hydrogen-bond donors (Lipinski definition) is 0. The molecule has 1 aromatic carbocycles. The van der Waals surface area contributed by atoms with Gasteiger partial charge in [0.15, 0.2) is 11.6 Å². The Hall–Kier alpha value is -2.25. The number of rotatable bonds is 8. The predicted octanol–water partition coefficient (Wildman–Crippen LogP) is 3.17. The van der Waals surface area contributed by atoms with E-state index in [2.05, 4.69) is 13.8 Å². The van der Waals surface area contributed by atoms with Crippen molar-refractivity contribution in [2.45, 2.75) is 58.8 Å². The topological polar surface area (TPSA) is 69.5 Å². The van der Waals surface area contributed by atoms with Crippen molar-refractivity contribution in [2.24, 2.45) is 5.92 Å². The van der Waals surface area contributed by atoms with E-state index in [0.29, 0.717) is 19.1 Å². The van der Waals surface area contributed by atoms with Crippen molar-refractivity contribution >= 4 is 5.91 Å². The third-order valence-corrected chi connectivity index (χ3v) is 5.05. The molecule has 7 nitrogen and oxygen atoms in total. The molecule has 0 unspecified atom stereocenters. The summed E-state index contributed by atoms with van der Waals surface area (Å²) in [7, 11) is 1.68. The van der Waals surface area contributed by atoms with Gasteiger partial charge in [-0.3, -0.25) is 4.79 Å². The van der Waals surface area contributed by atoms with Crippen LogP contribution in [0.1, 0.15) is 57.1 Å². The first-order valence-corrected chi connectivity index (χ1v) is 10.3. The highest BCUT2D eigenvalue weighted by Gasteiger charge is 2.42. The molecular weight excluding hydrogens is 368 g/mol. The normalized spacial score (nSPS) is 20.1. The lowest BCUT2D eigenvalue weighted by atomic mass is 9.95. The number of amides is 1. The monoisotopic (exact) mass is 400 g/mol. The fraction of sp³-hybridized carbons (Fsp3) is 0.591. The second kappa shape index (κ2) is 9.50. The highest BCUT2D eigenvalue weighted by atomic mass is 16.5. The molecule has 0 bridgehead atoms. The van der Waals surface area contributed by atoms with E-state index in [1.165, 1.54) is 0 Å². The van der Waals surface area contributed by atoms with Crippen molar-refractivity contribution in [1.82, 2.24) is 19.7 Å². The summed E-state index contributed by atoms with van der Waals surface area (Å²) in [5.74, 6) is 2.00. The Morgan fingerprint density at radius 2 is 1.93 bits per heavy atom. The number of aromatic nitrogens is 3. The number of methoxy groups -OCH3 is 1. The van der Waals surface area contributed by atoms with Gasteiger partial charge in [-0.1, -0.05) is 44.2 Å². The number of hydrogen-bond acceptors (Lipinski definition) is 5. The maximum atomic E-state index is 12.7. The lowest BCUT2D eigenvalue weighted by molar-refractivity contribution is -0.163. The molecule has 2 atom stereocenters. The van der Waals surface area contributed by atoms with Crippen molar-refractivity contribution in [3.05, 3.63) is 47.5 Å². The van der Waals surface area contributed by atoms with Crippen molar-refractivity contribution in [3.8, 4) is 0 Å². The van der Waals surface area contributed by atoms with E-state index in [4.69, 9.17) is 19.6 Å². The van der Waals surface area contributed by atoms with Crippen LogP contribution in [-0.4, -0.2) is 51.9 Å². The van der Waals surface area contributed by atoms with E-state index in [0.717, 1.165) is 23.6 Å². The second-order valence-electron chi connectivity index (χ2n) is 8.18. The van der Waals surface area contributed by atoms with Crippen molar-refractivity contribution in [3.63, 3.8) is 0 Å². The maximum absolute atomic E-state index is 12.7. The van der Waals surface area contributed by atoms with Crippen molar-refractivity contribution < 1.29 is 14.3 Å². The van der Waals surface area contributed by atoms with Crippen molar-refractivity contribution in [2.75, 3.05) is 20.3 Å². The predicted molar refractivity (Wildman–Crippen MR) is 110 cm³/mol. The van der Waals surface area contributed by atoms with Gasteiger partial charge in [-0.25, -0.2) is 9.67 Å². The van der Waals surface area contributed by atoms with Crippen LogP contribution in [-0.2, 0) is 27.2 Å². The van der Waals surface area contributed by atoms with E-state index in [1.54, 1.807) is 7.11 Å². The molecule has 1 aromatic heterocycles. The zero-order valence-electron chi connectivity index (χ0n) is 18.0. The van der Waals surface area contributed by atoms with Gasteiger partial charge in [0.25, 0.3) is 0 Å². The minimum absolute atomic E-state index is 0.00420. The molecule has 158 valence electrons. The first-order valence-electron chi connectivity index (χ1n) is 10.3. The summed E-state index contributed by atoms with van der Waals surface area (Å²) in [4.78, 5) is 19.5. The molecule has 0 saturated carbocycles. The van der Waals surface area contributed by atoms with Gasteiger partial charge in [0.05, 0.1) is 19.2 Å². The van der Waals surface area contributed by atoms with Gasteiger partial charge in [0.1, 0.15) is 12.7 Å². The lowest BCUT2D eigenvalue weighted by Crippen LogP contribution is -2.49. The Balaban J connectivity index is 2.06. The SMILES string of the molecule is COCCn1nc(CC(C)C)nc1[C@H]1OCC(=O)N(C(C)C)[C@@H]1c1ccccc1. The quantitative estimate of drug-likeness (QED) is 0.681. The summed E-state index contributed by atoms with van der Waals surface area (Å²) in [6.07, 6.45) is 0.408. The average Bonchev–Trinajstić information content (AvgIpc) is 3.08. The van der Waals surface area contributed by atoms with E-state index in [1.807, 2.05) is 53.8 Å². The Morgan fingerprint density at radius 3 is 2.55 bits per heavy atom. The molecule has 7 heteroatoms. The minimum atomic E-state index is -0.386. The molecule has 1 fully saturated rings. The summed E-state index contributed by atoms with van der Waals surface area (Å²) in [6.45, 7) is 9.55. The van der Waals surface area contributed by atoms with Gasteiger partial charge in [-0.15, -0.1) is 0 Å². The van der Waals surface area contributed by atoms with E-state index in [-0.39, 0.29) is 30.7 Å². The number of carbonyl (C=O) groups is 1. The van der Waals surface area contributed by atoms with Crippen LogP contribution in [0.25, 0.3) is 0 Å². The van der Waals surface area contributed by atoms with Crippen LogP contribution in [0.3, 0.4) is 0 Å². The molecule has 1 aliphatic heterocycles. The van der Waals surface area contributed by atoms with Crippen molar-refractivity contribution in [1.29, 1.82) is 0 Å². The molecule has 1 amide bonds. The number of benzene rings is 1. The smallest absolute Gasteiger partial charge is 0.249 e. The molecular formula is C22H32N4O3. The van der Waals surface area contributed by atoms with Crippen LogP contribution >= 0.6 is 0 Å². The molecule has 0 radical (unpaired) electrons. The average molecular weight is 401 g/mol. The Kier molecular flexibility index (Phi) is 7.03. The molecule has 0 aliphatic carbocycles. The summed E-state index contributed by atoms with van der Waals surface area (Å²) >= 11 is 0. The maximum Gasteiger partial charge on any atom is 0.249 e. The lowest BCUT2D eigenvalue weighted by Gasteiger charge is -2.43. The van der Waals surface area contributed by atoms with Crippen LogP contribution < -0.4 is 0 Å². The standard InChI is InChI=1S/C22H32N4O3/c1-15(2)13-18-23-22(25(24-18)11-12-28-5)21-20(17-9-7-6-8-10-17)26(16(3)4)19(27)14-29-21/h6-10,15-16,20-21H,11-14H2,1-5H3/t20-,21+/m1/s1. The summed E-state index contributed by atoms with van der Waals surface area (Å²) in [5.41, 5.74) is 1.03. The molecule has 29 heavy (non-hydrogen) atoms. The molecule has 2 heterocycles. The number of nitrogens with zero attached hydrogens (tertiary/aromatic N) is 4. The summed E-state index contributed by atoms with van der Waals surface area (Å²) < 4.78 is 13.3. The van der Waals surface area contributed by atoms with Gasteiger partial charge < -0.3 is 14.4 Å². The largest absolute Gasteiger partial charge is 0.383 e. The Bertz CT molecular complexity index is 804. The zero-order chi connectivity index (χ0) is 21.0. The molecule has 0 spiro atoms. The summed E-state index contributed by atoms with van der Waals surface area (Å²) in [6, 6.07) is 9.83. The minimum Gasteiger partial charge on any atom is -0.383 e. The van der Waals surface area contributed by atoms with Crippen LogP contribution in [0.15, 0.2) is 30.3 Å². The van der Waals surface area contributed by atoms with E-state index >= 15 is 0 Å². The van der Waals surface area contributed by atoms with Crippen LogP contribution in [0.2, 0.25) is 0 Å². The molecule has 2 aromatic rings. The number of ether oxygens (including phenoxy) is 2. The van der Waals surface area contributed by atoms with Crippen LogP contribution in [0, 0.1) is 5.92 Å². The third-order valence-electron chi connectivity index (χ3n) is 5.05. The fourth-order valence-corrected chi connectivity index (χ4v) is 3.85. The van der Waals surface area contributed by atoms with Gasteiger partial charge in [0, 0.05) is 19.6 Å². The van der Waals surface area contributed by atoms with Gasteiger partial charge in [-0.2, -0.15) is 5.10 Å². The summed E-state index contributed by atoms with van der Waals surface area (Å²) in [5, 5.41) is 4.72. The van der Waals surface area contributed by atoms with E-state index < -0.39 is 0 Å². The van der Waals surface area contributed by atoms with Crippen LogP contribution in [0.4, 0.5) is 0 Å². The molecule has 3 rings (SSSR count). The van der Waals surface area contributed by atoms with Crippen LogP contribution in [0.5, 0.6) is 0 Å². The number of morpholine rings is 1.